The quantitative estimate of drug-likeness (QED) is 0.580. The highest BCUT2D eigenvalue weighted by atomic mass is 32.2. The minimum Gasteiger partial charge on any atom is -0.289 e. The Morgan fingerprint density at radius 1 is 1.54 bits per heavy atom. The van der Waals surface area contributed by atoms with Crippen molar-refractivity contribution in [1.29, 1.82) is 0 Å². The Balaban J connectivity index is 3.71. The summed E-state index contributed by atoms with van der Waals surface area (Å²) >= 11 is 4.95. The van der Waals surface area contributed by atoms with Gasteiger partial charge in [0, 0.05) is 4.58 Å². The third-order valence-corrected chi connectivity index (χ3v) is 3.01. The molecule has 78 valence electrons. The normalized spacial score (nSPS) is 14.2. The van der Waals surface area contributed by atoms with E-state index in [1.807, 2.05) is 6.92 Å². The summed E-state index contributed by atoms with van der Waals surface area (Å²) in [6.07, 6.45) is -3.15. The van der Waals surface area contributed by atoms with Crippen LogP contribution in [0.25, 0.3) is 0 Å². The van der Waals surface area contributed by atoms with E-state index < -0.39 is 17.7 Å². The van der Waals surface area contributed by atoms with Crippen molar-refractivity contribution in [2.45, 2.75) is 30.5 Å². The Hall–Kier alpha value is 0.160. The standard InChI is InChI=1S/C7H11F3OS2/c1-2-3-6(12)13-4-5(11)7(8,9)10/h6,12H,2-4H2,1H3. The van der Waals surface area contributed by atoms with Crippen molar-refractivity contribution >= 4 is 30.2 Å². The molecule has 0 aliphatic heterocycles. The van der Waals surface area contributed by atoms with Gasteiger partial charge in [0.05, 0.1) is 5.75 Å². The number of halogens is 3. The van der Waals surface area contributed by atoms with Gasteiger partial charge in [-0.2, -0.15) is 25.8 Å². The molecule has 0 rings (SSSR count). The third kappa shape index (κ3) is 6.26. The molecule has 0 radical (unpaired) electrons. The van der Waals surface area contributed by atoms with Gasteiger partial charge in [0.1, 0.15) is 0 Å². The summed E-state index contributed by atoms with van der Waals surface area (Å²) in [6, 6.07) is 0. The first-order valence-electron chi connectivity index (χ1n) is 3.77. The summed E-state index contributed by atoms with van der Waals surface area (Å²) in [6.45, 7) is 1.91. The van der Waals surface area contributed by atoms with Crippen LogP contribution in [-0.2, 0) is 4.79 Å². The number of hydrogen-bond acceptors (Lipinski definition) is 3. The Morgan fingerprint density at radius 2 is 2.08 bits per heavy atom. The van der Waals surface area contributed by atoms with Crippen LogP contribution in [0.5, 0.6) is 0 Å². The monoisotopic (exact) mass is 232 g/mol. The Bertz CT molecular complexity index is 170. The highest BCUT2D eigenvalue weighted by molar-refractivity contribution is 8.10. The molecule has 0 heterocycles. The average Bonchev–Trinajstić information content (AvgIpc) is 1.99. The maximum atomic E-state index is 11.7. The molecule has 0 N–H and O–H groups in total. The maximum absolute atomic E-state index is 11.7. The first kappa shape index (κ1) is 13.2. The highest BCUT2D eigenvalue weighted by Gasteiger charge is 2.37. The van der Waals surface area contributed by atoms with Crippen LogP contribution in [0.2, 0.25) is 0 Å². The van der Waals surface area contributed by atoms with E-state index in [9.17, 15) is 18.0 Å². The van der Waals surface area contributed by atoms with Crippen molar-refractivity contribution in [3.8, 4) is 0 Å². The molecule has 0 spiro atoms. The summed E-state index contributed by atoms with van der Waals surface area (Å²) in [5.74, 6) is -2.22. The van der Waals surface area contributed by atoms with Crippen LogP contribution in [0.1, 0.15) is 19.8 Å². The summed E-state index contributed by atoms with van der Waals surface area (Å²) in [5, 5.41) is 0. The molecule has 0 saturated carbocycles. The number of carbonyl (C=O) groups is 1. The third-order valence-electron chi connectivity index (χ3n) is 1.26. The molecule has 13 heavy (non-hydrogen) atoms. The number of carbonyl (C=O) groups excluding carboxylic acids is 1. The number of thiol groups is 1. The van der Waals surface area contributed by atoms with Crippen molar-refractivity contribution in [1.82, 2.24) is 0 Å². The molecule has 0 aromatic rings. The lowest BCUT2D eigenvalue weighted by Crippen LogP contribution is -2.25. The second-order valence-corrected chi connectivity index (χ2v) is 4.64. The second kappa shape index (κ2) is 5.80. The van der Waals surface area contributed by atoms with E-state index in [1.54, 1.807) is 0 Å². The fourth-order valence-electron chi connectivity index (χ4n) is 0.584. The van der Waals surface area contributed by atoms with Gasteiger partial charge in [-0.15, -0.1) is 11.8 Å². The molecule has 0 aromatic heterocycles. The molecular weight excluding hydrogens is 221 g/mol. The van der Waals surface area contributed by atoms with Crippen LogP contribution in [0, 0.1) is 0 Å². The van der Waals surface area contributed by atoms with E-state index in [0.29, 0.717) is 6.42 Å². The van der Waals surface area contributed by atoms with Gasteiger partial charge in [0.2, 0.25) is 5.78 Å². The minimum atomic E-state index is -4.70. The first-order chi connectivity index (χ1) is 5.88. The van der Waals surface area contributed by atoms with Gasteiger partial charge in [0.25, 0.3) is 0 Å². The van der Waals surface area contributed by atoms with Crippen molar-refractivity contribution in [3.63, 3.8) is 0 Å². The Labute approximate surface area is 84.9 Å². The maximum Gasteiger partial charge on any atom is 0.450 e. The number of ketones is 1. The van der Waals surface area contributed by atoms with Gasteiger partial charge in [-0.25, -0.2) is 0 Å². The van der Waals surface area contributed by atoms with Crippen LogP contribution in [0.4, 0.5) is 13.2 Å². The number of rotatable bonds is 5. The van der Waals surface area contributed by atoms with Crippen molar-refractivity contribution in [3.05, 3.63) is 0 Å². The Kier molecular flexibility index (Phi) is 5.87. The van der Waals surface area contributed by atoms with E-state index in [2.05, 4.69) is 12.6 Å². The largest absolute Gasteiger partial charge is 0.450 e. The summed E-state index contributed by atoms with van der Waals surface area (Å²) < 4.78 is 34.9. The number of hydrogen-bond donors (Lipinski definition) is 1. The van der Waals surface area contributed by atoms with Crippen LogP contribution in [0.3, 0.4) is 0 Å². The van der Waals surface area contributed by atoms with Gasteiger partial charge in [-0.1, -0.05) is 13.3 Å². The van der Waals surface area contributed by atoms with E-state index >= 15 is 0 Å². The zero-order valence-corrected chi connectivity index (χ0v) is 8.81. The molecule has 6 heteroatoms. The fourth-order valence-corrected chi connectivity index (χ4v) is 1.98. The molecule has 0 aliphatic carbocycles. The Morgan fingerprint density at radius 3 is 2.46 bits per heavy atom. The second-order valence-electron chi connectivity index (χ2n) is 2.48. The van der Waals surface area contributed by atoms with E-state index in [-0.39, 0.29) is 4.58 Å². The minimum absolute atomic E-state index is 0.184. The molecule has 0 aromatic carbocycles. The van der Waals surface area contributed by atoms with Crippen molar-refractivity contribution < 1.29 is 18.0 Å². The number of Topliss-reactive ketones (excluding diaryl/α,β-unsaturated/α-hetero) is 1. The predicted molar refractivity (Wildman–Crippen MR) is 51.2 cm³/mol. The zero-order chi connectivity index (χ0) is 10.5. The SMILES string of the molecule is CCCC(S)SCC(=O)C(F)(F)F. The van der Waals surface area contributed by atoms with Crippen LogP contribution < -0.4 is 0 Å². The summed E-state index contributed by atoms with van der Waals surface area (Å²) in [5.41, 5.74) is 0. The highest BCUT2D eigenvalue weighted by Crippen LogP contribution is 2.24. The van der Waals surface area contributed by atoms with Gasteiger partial charge in [-0.3, -0.25) is 4.79 Å². The molecule has 0 aliphatic rings. The average molecular weight is 232 g/mol. The number of alkyl halides is 3. The summed E-state index contributed by atoms with van der Waals surface area (Å²) in [7, 11) is 0. The zero-order valence-electron chi connectivity index (χ0n) is 7.10. The lowest BCUT2D eigenvalue weighted by Gasteiger charge is -2.09. The van der Waals surface area contributed by atoms with Crippen LogP contribution in [-0.4, -0.2) is 22.3 Å². The topological polar surface area (TPSA) is 17.1 Å². The van der Waals surface area contributed by atoms with Crippen molar-refractivity contribution in [2.24, 2.45) is 0 Å². The molecular formula is C7H11F3OS2. The van der Waals surface area contributed by atoms with Gasteiger partial charge < -0.3 is 0 Å². The number of thioether (sulfide) groups is 1. The van der Waals surface area contributed by atoms with E-state index in [4.69, 9.17) is 0 Å². The smallest absolute Gasteiger partial charge is 0.289 e. The summed E-state index contributed by atoms with van der Waals surface area (Å²) in [4.78, 5) is 10.4. The van der Waals surface area contributed by atoms with Gasteiger partial charge in [0.15, 0.2) is 0 Å². The molecule has 0 bridgehead atoms. The lowest BCUT2D eigenvalue weighted by atomic mass is 10.4. The lowest BCUT2D eigenvalue weighted by molar-refractivity contribution is -0.167. The molecule has 1 unspecified atom stereocenters. The fraction of sp³-hybridized carbons (Fsp3) is 0.857. The molecule has 0 fully saturated rings. The predicted octanol–water partition coefficient (Wildman–Crippen LogP) is 2.91. The first-order valence-corrected chi connectivity index (χ1v) is 5.34. The molecule has 1 atom stereocenters. The van der Waals surface area contributed by atoms with E-state index in [0.717, 1.165) is 18.2 Å². The molecule has 1 nitrogen and oxygen atoms in total. The van der Waals surface area contributed by atoms with Gasteiger partial charge >= 0.3 is 6.18 Å². The van der Waals surface area contributed by atoms with Crippen LogP contribution in [0.15, 0.2) is 0 Å². The van der Waals surface area contributed by atoms with Crippen molar-refractivity contribution in [2.75, 3.05) is 5.75 Å². The molecule has 0 saturated heterocycles. The van der Waals surface area contributed by atoms with Gasteiger partial charge in [-0.05, 0) is 6.42 Å². The van der Waals surface area contributed by atoms with E-state index in [1.165, 1.54) is 0 Å². The molecule has 0 amide bonds. The van der Waals surface area contributed by atoms with Crippen LogP contribution >= 0.6 is 24.4 Å².